The molecule has 4 nitrogen and oxygen atoms in total. The van der Waals surface area contributed by atoms with Crippen molar-refractivity contribution >= 4 is 22.4 Å². The van der Waals surface area contributed by atoms with Crippen LogP contribution in [-0.4, -0.2) is 15.6 Å². The van der Waals surface area contributed by atoms with Crippen LogP contribution < -0.4 is 5.73 Å². The zero-order chi connectivity index (χ0) is 14.1. The summed E-state index contributed by atoms with van der Waals surface area (Å²) in [6, 6.07) is 15.0. The molecule has 0 radical (unpaired) electrons. The molecule has 0 bridgehead atoms. The Morgan fingerprint density at radius 1 is 1.20 bits per heavy atom. The van der Waals surface area contributed by atoms with Crippen molar-refractivity contribution < 1.29 is 4.79 Å². The van der Waals surface area contributed by atoms with Gasteiger partial charge in [0.05, 0.1) is 17.6 Å². The quantitative estimate of drug-likeness (QED) is 0.585. The van der Waals surface area contributed by atoms with Gasteiger partial charge in [0.1, 0.15) is 0 Å². The lowest BCUT2D eigenvalue weighted by Gasteiger charge is -2.00. The number of rotatable bonds is 3. The van der Waals surface area contributed by atoms with Crippen LogP contribution in [0.1, 0.15) is 16.1 Å². The molecule has 0 amide bonds. The van der Waals surface area contributed by atoms with Crippen molar-refractivity contribution in [2.24, 2.45) is 7.05 Å². The Kier molecular flexibility index (Phi) is 2.99. The fourth-order valence-electron chi connectivity index (χ4n) is 2.39. The van der Waals surface area contributed by atoms with Gasteiger partial charge in [-0.05, 0) is 18.2 Å². The Morgan fingerprint density at radius 2 is 2.00 bits per heavy atom. The highest BCUT2D eigenvalue weighted by Gasteiger charge is 2.13. The molecule has 0 aliphatic rings. The van der Waals surface area contributed by atoms with Crippen LogP contribution in [0.25, 0.3) is 10.9 Å². The Labute approximate surface area is 116 Å². The molecule has 3 aromatic rings. The predicted molar refractivity (Wildman–Crippen MR) is 79.6 cm³/mol. The third-order valence-corrected chi connectivity index (χ3v) is 3.37. The molecule has 0 atom stereocenters. The predicted octanol–water partition coefficient (Wildman–Crippen LogP) is 2.58. The van der Waals surface area contributed by atoms with Crippen LogP contribution in [0.15, 0.2) is 48.5 Å². The first-order valence-electron chi connectivity index (χ1n) is 6.44. The number of nitrogens with zero attached hydrogens (tertiary/aromatic N) is 2. The summed E-state index contributed by atoms with van der Waals surface area (Å²) >= 11 is 0. The number of fused-ring (bicyclic) bond motifs is 1. The number of hydrogen-bond acceptors (Lipinski definition) is 3. The number of ketones is 1. The molecular formula is C16H15N3O. The van der Waals surface area contributed by atoms with Crippen LogP contribution in [0.3, 0.4) is 0 Å². The van der Waals surface area contributed by atoms with Crippen LogP contribution in [0.5, 0.6) is 0 Å². The molecule has 0 spiro atoms. The molecule has 0 fully saturated rings. The van der Waals surface area contributed by atoms with Gasteiger partial charge in [-0.1, -0.05) is 30.3 Å². The van der Waals surface area contributed by atoms with Gasteiger partial charge in [0.15, 0.2) is 5.78 Å². The zero-order valence-electron chi connectivity index (χ0n) is 11.2. The minimum atomic E-state index is 0.0288. The van der Waals surface area contributed by atoms with Crippen molar-refractivity contribution in [3.63, 3.8) is 0 Å². The van der Waals surface area contributed by atoms with Crippen LogP contribution in [0, 0.1) is 0 Å². The van der Waals surface area contributed by atoms with Gasteiger partial charge in [-0.2, -0.15) is 5.10 Å². The Bertz CT molecular complexity index is 789. The summed E-state index contributed by atoms with van der Waals surface area (Å²) in [5.74, 6) is 0.0288. The van der Waals surface area contributed by atoms with Gasteiger partial charge in [0.2, 0.25) is 0 Å². The fraction of sp³-hybridized carbons (Fsp3) is 0.125. The van der Waals surface area contributed by atoms with Gasteiger partial charge in [0, 0.05) is 23.7 Å². The van der Waals surface area contributed by atoms with E-state index in [9.17, 15) is 4.79 Å². The monoisotopic (exact) mass is 265 g/mol. The van der Waals surface area contributed by atoms with Crippen molar-refractivity contribution in [1.29, 1.82) is 0 Å². The van der Waals surface area contributed by atoms with Gasteiger partial charge >= 0.3 is 0 Å². The maximum Gasteiger partial charge on any atom is 0.168 e. The second kappa shape index (κ2) is 4.81. The number of aryl methyl sites for hydroxylation is 1. The molecule has 1 aromatic heterocycles. The molecule has 0 saturated heterocycles. The SMILES string of the molecule is Cn1nc(CC(=O)c2cccc(N)c2)c2ccccc21. The van der Waals surface area contributed by atoms with Crippen molar-refractivity contribution in [3.8, 4) is 0 Å². The summed E-state index contributed by atoms with van der Waals surface area (Å²) in [5, 5.41) is 5.46. The Hall–Kier alpha value is -2.62. The minimum Gasteiger partial charge on any atom is -0.399 e. The Morgan fingerprint density at radius 3 is 2.80 bits per heavy atom. The molecule has 1 heterocycles. The highest BCUT2D eigenvalue weighted by molar-refractivity contribution is 6.00. The third-order valence-electron chi connectivity index (χ3n) is 3.37. The number of Topliss-reactive ketones (excluding diaryl/α,β-unsaturated/α-hetero) is 1. The summed E-state index contributed by atoms with van der Waals surface area (Å²) in [5.41, 5.74) is 8.77. The van der Waals surface area contributed by atoms with Crippen LogP contribution in [-0.2, 0) is 13.5 Å². The maximum atomic E-state index is 12.3. The smallest absolute Gasteiger partial charge is 0.168 e. The molecular weight excluding hydrogens is 250 g/mol. The number of anilines is 1. The average Bonchev–Trinajstić information content (AvgIpc) is 2.76. The van der Waals surface area contributed by atoms with Crippen molar-refractivity contribution in [2.75, 3.05) is 5.73 Å². The fourth-order valence-corrected chi connectivity index (χ4v) is 2.39. The Balaban J connectivity index is 1.95. The van der Waals surface area contributed by atoms with E-state index >= 15 is 0 Å². The van der Waals surface area contributed by atoms with Gasteiger partial charge in [-0.15, -0.1) is 0 Å². The second-order valence-corrected chi connectivity index (χ2v) is 4.81. The van der Waals surface area contributed by atoms with Crippen LogP contribution >= 0.6 is 0 Å². The molecule has 4 heteroatoms. The van der Waals surface area contributed by atoms with Gasteiger partial charge in [0.25, 0.3) is 0 Å². The number of para-hydroxylation sites is 1. The highest BCUT2D eigenvalue weighted by atomic mass is 16.1. The molecule has 20 heavy (non-hydrogen) atoms. The van der Waals surface area contributed by atoms with Gasteiger partial charge in [-0.25, -0.2) is 0 Å². The molecule has 0 unspecified atom stereocenters. The van der Waals surface area contributed by atoms with Crippen molar-refractivity contribution in [2.45, 2.75) is 6.42 Å². The molecule has 0 aliphatic carbocycles. The number of hydrogen-bond donors (Lipinski definition) is 1. The number of benzene rings is 2. The third kappa shape index (κ3) is 2.16. The van der Waals surface area contributed by atoms with E-state index in [4.69, 9.17) is 5.73 Å². The zero-order valence-corrected chi connectivity index (χ0v) is 11.2. The summed E-state index contributed by atoms with van der Waals surface area (Å²) in [6.07, 6.45) is 0.283. The van der Waals surface area contributed by atoms with Crippen molar-refractivity contribution in [3.05, 3.63) is 59.8 Å². The minimum absolute atomic E-state index is 0.0288. The summed E-state index contributed by atoms with van der Waals surface area (Å²) in [4.78, 5) is 12.3. The van der Waals surface area contributed by atoms with Gasteiger partial charge < -0.3 is 5.73 Å². The average molecular weight is 265 g/mol. The topological polar surface area (TPSA) is 60.9 Å². The first kappa shape index (κ1) is 12.4. The molecule has 0 saturated carbocycles. The van der Waals surface area contributed by atoms with E-state index in [-0.39, 0.29) is 12.2 Å². The molecule has 0 aliphatic heterocycles. The lowest BCUT2D eigenvalue weighted by Crippen LogP contribution is -2.05. The summed E-state index contributed by atoms with van der Waals surface area (Å²) in [6.45, 7) is 0. The molecule has 2 aromatic carbocycles. The number of carbonyl (C=O) groups excluding carboxylic acids is 1. The van der Waals surface area contributed by atoms with E-state index < -0.39 is 0 Å². The summed E-state index contributed by atoms with van der Waals surface area (Å²) < 4.78 is 1.80. The van der Waals surface area contributed by atoms with Crippen LogP contribution in [0.2, 0.25) is 0 Å². The standard InChI is InChI=1S/C16H15N3O/c1-19-15-8-3-2-7-13(15)14(18-19)10-16(20)11-5-4-6-12(17)9-11/h2-9H,10,17H2,1H3. The van der Waals surface area contributed by atoms with E-state index in [1.165, 1.54) is 0 Å². The number of carbonyl (C=O) groups is 1. The highest BCUT2D eigenvalue weighted by Crippen LogP contribution is 2.19. The molecule has 100 valence electrons. The lowest BCUT2D eigenvalue weighted by atomic mass is 10.0. The van der Waals surface area contributed by atoms with Crippen molar-refractivity contribution in [1.82, 2.24) is 9.78 Å². The molecule has 3 rings (SSSR count). The van der Waals surface area contributed by atoms with E-state index in [2.05, 4.69) is 5.10 Å². The number of nitrogens with two attached hydrogens (primary N) is 1. The first-order valence-corrected chi connectivity index (χ1v) is 6.44. The largest absolute Gasteiger partial charge is 0.399 e. The maximum absolute atomic E-state index is 12.3. The van der Waals surface area contributed by atoms with E-state index in [0.29, 0.717) is 11.3 Å². The second-order valence-electron chi connectivity index (χ2n) is 4.81. The molecule has 2 N–H and O–H groups in total. The lowest BCUT2D eigenvalue weighted by molar-refractivity contribution is 0.0992. The first-order chi connectivity index (χ1) is 9.65. The normalized spacial score (nSPS) is 10.8. The van der Waals surface area contributed by atoms with E-state index in [0.717, 1.165) is 16.6 Å². The number of aromatic nitrogens is 2. The van der Waals surface area contributed by atoms with Crippen LogP contribution in [0.4, 0.5) is 5.69 Å². The van der Waals surface area contributed by atoms with E-state index in [1.807, 2.05) is 31.3 Å². The van der Waals surface area contributed by atoms with E-state index in [1.54, 1.807) is 28.9 Å². The summed E-state index contributed by atoms with van der Waals surface area (Å²) in [7, 11) is 1.89. The van der Waals surface area contributed by atoms with Gasteiger partial charge in [-0.3, -0.25) is 9.48 Å². The number of nitrogen functional groups attached to an aromatic ring is 1.